The molecular formula is C14H13NO2. The van der Waals surface area contributed by atoms with Gasteiger partial charge in [0.05, 0.1) is 5.52 Å². The third-order valence-electron chi connectivity index (χ3n) is 3.59. The topological polar surface area (TPSA) is 34.6 Å². The minimum Gasteiger partial charge on any atom is -0.485 e. The molecular weight excluding hydrogens is 214 g/mol. The van der Waals surface area contributed by atoms with Gasteiger partial charge in [0.15, 0.2) is 0 Å². The van der Waals surface area contributed by atoms with Crippen LogP contribution in [-0.2, 0) is 4.74 Å². The molecule has 17 heavy (non-hydrogen) atoms. The lowest BCUT2D eigenvalue weighted by Crippen LogP contribution is -2.37. The standard InChI is InChI=1S/C14H13NO2/c1-14(2)13-12(16-13)9-7-10-8(4-3-5-15-10)6-11(9)17-14/h3-7,12-13H,1-2H3/t12-,13-/m1/s1. The van der Waals surface area contributed by atoms with Crippen molar-refractivity contribution in [3.05, 3.63) is 36.0 Å². The summed E-state index contributed by atoms with van der Waals surface area (Å²) >= 11 is 0. The molecule has 86 valence electrons. The van der Waals surface area contributed by atoms with E-state index in [1.165, 1.54) is 0 Å². The second kappa shape index (κ2) is 2.79. The average Bonchev–Trinajstić information content (AvgIpc) is 3.07. The smallest absolute Gasteiger partial charge is 0.132 e. The molecule has 1 saturated heterocycles. The van der Waals surface area contributed by atoms with Crippen LogP contribution in [0, 0.1) is 0 Å². The molecule has 1 aromatic heterocycles. The number of rotatable bonds is 0. The maximum Gasteiger partial charge on any atom is 0.132 e. The van der Waals surface area contributed by atoms with Crippen molar-refractivity contribution < 1.29 is 9.47 Å². The molecule has 4 rings (SSSR count). The summed E-state index contributed by atoms with van der Waals surface area (Å²) in [5.74, 6) is 0.939. The van der Waals surface area contributed by atoms with E-state index in [0.29, 0.717) is 0 Å². The predicted molar refractivity (Wildman–Crippen MR) is 64.1 cm³/mol. The Bertz CT molecular complexity index is 621. The first-order valence-corrected chi connectivity index (χ1v) is 5.88. The third-order valence-corrected chi connectivity index (χ3v) is 3.59. The number of nitrogens with zero attached hydrogens (tertiary/aromatic N) is 1. The van der Waals surface area contributed by atoms with Gasteiger partial charge in [-0.2, -0.15) is 0 Å². The van der Waals surface area contributed by atoms with E-state index in [-0.39, 0.29) is 17.8 Å². The molecule has 0 N–H and O–H groups in total. The van der Waals surface area contributed by atoms with E-state index in [1.54, 1.807) is 0 Å². The van der Waals surface area contributed by atoms with E-state index in [0.717, 1.165) is 22.2 Å². The van der Waals surface area contributed by atoms with Crippen molar-refractivity contribution in [2.75, 3.05) is 0 Å². The fourth-order valence-corrected chi connectivity index (χ4v) is 2.65. The van der Waals surface area contributed by atoms with Gasteiger partial charge in [-0.3, -0.25) is 4.98 Å². The minimum atomic E-state index is -0.229. The largest absolute Gasteiger partial charge is 0.485 e. The predicted octanol–water partition coefficient (Wildman–Crippen LogP) is 2.85. The van der Waals surface area contributed by atoms with Crippen LogP contribution >= 0.6 is 0 Å². The molecule has 3 heterocycles. The molecule has 0 aliphatic carbocycles. The van der Waals surface area contributed by atoms with Gasteiger partial charge in [-0.15, -0.1) is 0 Å². The van der Waals surface area contributed by atoms with E-state index in [2.05, 4.69) is 37.0 Å². The third kappa shape index (κ3) is 1.23. The Kier molecular flexibility index (Phi) is 1.55. The minimum absolute atomic E-state index is 0.191. The Morgan fingerprint density at radius 2 is 2.18 bits per heavy atom. The van der Waals surface area contributed by atoms with Crippen molar-refractivity contribution in [3.63, 3.8) is 0 Å². The lowest BCUT2D eigenvalue weighted by molar-refractivity contribution is 0.0727. The zero-order chi connectivity index (χ0) is 11.6. The lowest BCUT2D eigenvalue weighted by Gasteiger charge is -2.29. The molecule has 0 unspecified atom stereocenters. The highest BCUT2D eigenvalue weighted by Gasteiger charge is 2.56. The Morgan fingerprint density at radius 1 is 1.29 bits per heavy atom. The van der Waals surface area contributed by atoms with Crippen LogP contribution < -0.4 is 4.74 Å². The molecule has 3 heteroatoms. The number of hydrogen-bond acceptors (Lipinski definition) is 3. The molecule has 0 saturated carbocycles. The Morgan fingerprint density at radius 3 is 3.06 bits per heavy atom. The molecule has 0 bridgehead atoms. The second-order valence-electron chi connectivity index (χ2n) is 5.27. The number of ether oxygens (including phenoxy) is 2. The highest BCUT2D eigenvalue weighted by Crippen LogP contribution is 2.54. The summed E-state index contributed by atoms with van der Waals surface area (Å²) < 4.78 is 11.7. The van der Waals surface area contributed by atoms with Gasteiger partial charge in [-0.25, -0.2) is 0 Å². The highest BCUT2D eigenvalue weighted by molar-refractivity contribution is 5.81. The number of hydrogen-bond donors (Lipinski definition) is 0. The van der Waals surface area contributed by atoms with Crippen LogP contribution in [0.15, 0.2) is 30.5 Å². The van der Waals surface area contributed by atoms with Gasteiger partial charge in [0, 0.05) is 17.1 Å². The van der Waals surface area contributed by atoms with E-state index < -0.39 is 0 Å². The van der Waals surface area contributed by atoms with Gasteiger partial charge in [0.25, 0.3) is 0 Å². The molecule has 1 fully saturated rings. The molecule has 2 atom stereocenters. The van der Waals surface area contributed by atoms with Crippen LogP contribution in [0.2, 0.25) is 0 Å². The van der Waals surface area contributed by atoms with Gasteiger partial charge in [-0.05, 0) is 32.0 Å². The van der Waals surface area contributed by atoms with Gasteiger partial charge in [-0.1, -0.05) is 6.07 Å². The van der Waals surface area contributed by atoms with Crippen molar-refractivity contribution in [3.8, 4) is 5.75 Å². The van der Waals surface area contributed by atoms with E-state index in [4.69, 9.17) is 9.47 Å². The van der Waals surface area contributed by atoms with E-state index in [9.17, 15) is 0 Å². The average molecular weight is 227 g/mol. The van der Waals surface area contributed by atoms with Crippen LogP contribution in [0.5, 0.6) is 5.75 Å². The molecule has 2 aliphatic rings. The molecule has 0 radical (unpaired) electrons. The van der Waals surface area contributed by atoms with Crippen molar-refractivity contribution in [1.29, 1.82) is 0 Å². The van der Waals surface area contributed by atoms with Crippen LogP contribution in [0.25, 0.3) is 10.9 Å². The van der Waals surface area contributed by atoms with Gasteiger partial charge in [0.1, 0.15) is 23.6 Å². The summed E-state index contributed by atoms with van der Waals surface area (Å²) in [5, 5.41) is 1.11. The molecule has 1 aromatic carbocycles. The first-order valence-electron chi connectivity index (χ1n) is 5.88. The summed E-state index contributed by atoms with van der Waals surface area (Å²) in [6.07, 6.45) is 2.20. The number of aromatic nitrogens is 1. The SMILES string of the molecule is CC1(C)Oc2cc3cccnc3cc2[C@H]2O[C@H]21. The van der Waals surface area contributed by atoms with Crippen molar-refractivity contribution in [1.82, 2.24) is 4.98 Å². The van der Waals surface area contributed by atoms with Gasteiger partial charge < -0.3 is 9.47 Å². The quantitative estimate of drug-likeness (QED) is 0.649. The molecule has 0 spiro atoms. The monoisotopic (exact) mass is 227 g/mol. The summed E-state index contributed by atoms with van der Waals surface area (Å²) in [7, 11) is 0. The Labute approximate surface area is 99.4 Å². The maximum atomic E-state index is 6.03. The number of fused-ring (bicyclic) bond motifs is 4. The summed E-state index contributed by atoms with van der Waals surface area (Å²) in [4.78, 5) is 4.37. The zero-order valence-electron chi connectivity index (χ0n) is 9.81. The summed E-state index contributed by atoms with van der Waals surface area (Å²) in [6, 6.07) is 8.15. The van der Waals surface area contributed by atoms with Crippen LogP contribution in [0.3, 0.4) is 0 Å². The normalized spacial score (nSPS) is 28.1. The molecule has 2 aromatic rings. The number of benzene rings is 1. The lowest BCUT2D eigenvalue weighted by atomic mass is 9.93. The van der Waals surface area contributed by atoms with Gasteiger partial charge in [0.2, 0.25) is 0 Å². The first-order chi connectivity index (χ1) is 8.15. The summed E-state index contributed by atoms with van der Waals surface area (Å²) in [5.41, 5.74) is 1.91. The first kappa shape index (κ1) is 9.42. The van der Waals surface area contributed by atoms with Crippen LogP contribution in [0.1, 0.15) is 25.5 Å². The van der Waals surface area contributed by atoms with Crippen molar-refractivity contribution in [2.45, 2.75) is 31.7 Å². The van der Waals surface area contributed by atoms with E-state index >= 15 is 0 Å². The summed E-state index contributed by atoms with van der Waals surface area (Å²) in [6.45, 7) is 4.15. The molecule has 3 nitrogen and oxygen atoms in total. The molecule has 2 aliphatic heterocycles. The fraction of sp³-hybridized carbons (Fsp3) is 0.357. The number of pyridine rings is 1. The van der Waals surface area contributed by atoms with Crippen molar-refractivity contribution >= 4 is 10.9 Å². The number of epoxide rings is 1. The zero-order valence-corrected chi connectivity index (χ0v) is 9.81. The van der Waals surface area contributed by atoms with Crippen LogP contribution in [0.4, 0.5) is 0 Å². The van der Waals surface area contributed by atoms with Crippen molar-refractivity contribution in [2.24, 2.45) is 0 Å². The Balaban J connectivity index is 1.96. The van der Waals surface area contributed by atoms with Crippen LogP contribution in [-0.4, -0.2) is 16.7 Å². The second-order valence-corrected chi connectivity index (χ2v) is 5.27. The molecule has 0 amide bonds. The Hall–Kier alpha value is -1.61. The maximum absolute atomic E-state index is 6.03. The van der Waals surface area contributed by atoms with Gasteiger partial charge >= 0.3 is 0 Å². The van der Waals surface area contributed by atoms with E-state index in [1.807, 2.05) is 12.3 Å². The highest BCUT2D eigenvalue weighted by atomic mass is 16.6. The fourth-order valence-electron chi connectivity index (χ4n) is 2.65.